The van der Waals surface area contributed by atoms with Crippen molar-refractivity contribution < 1.29 is 23.1 Å². The van der Waals surface area contributed by atoms with E-state index < -0.39 is 17.8 Å². The van der Waals surface area contributed by atoms with Crippen molar-refractivity contribution in [2.24, 2.45) is 0 Å². The summed E-state index contributed by atoms with van der Waals surface area (Å²) in [4.78, 5) is 12.9. The maximum absolute atomic E-state index is 13.0. The average molecular weight is 271 g/mol. The van der Waals surface area contributed by atoms with Crippen LogP contribution in [-0.2, 0) is 17.4 Å². The fourth-order valence-corrected chi connectivity index (χ4v) is 2.15. The summed E-state index contributed by atoms with van der Waals surface area (Å²) in [5.74, 6) is -1.12. The van der Waals surface area contributed by atoms with Crippen molar-refractivity contribution >= 4 is 16.9 Å². The van der Waals surface area contributed by atoms with E-state index >= 15 is 0 Å². The van der Waals surface area contributed by atoms with Crippen molar-refractivity contribution in [3.8, 4) is 0 Å². The molecular formula is C13H12F3NO2. The van der Waals surface area contributed by atoms with Gasteiger partial charge in [-0.05, 0) is 24.5 Å². The Morgan fingerprint density at radius 3 is 2.63 bits per heavy atom. The van der Waals surface area contributed by atoms with E-state index in [1.807, 2.05) is 0 Å². The Balaban J connectivity index is 2.62. The lowest BCUT2D eigenvalue weighted by Crippen LogP contribution is -2.10. The van der Waals surface area contributed by atoms with Crippen LogP contribution in [0.3, 0.4) is 0 Å². The lowest BCUT2D eigenvalue weighted by Gasteiger charge is -2.07. The van der Waals surface area contributed by atoms with Gasteiger partial charge in [0.15, 0.2) is 0 Å². The normalized spacial score (nSPS) is 12.0. The molecule has 0 atom stereocenters. The third kappa shape index (κ3) is 2.57. The molecule has 0 fully saturated rings. The lowest BCUT2D eigenvalue weighted by molar-refractivity contribution is -0.142. The molecule has 0 aliphatic rings. The van der Waals surface area contributed by atoms with Gasteiger partial charge >= 0.3 is 12.1 Å². The number of benzene rings is 1. The Morgan fingerprint density at radius 2 is 2.05 bits per heavy atom. The van der Waals surface area contributed by atoms with E-state index in [9.17, 15) is 18.0 Å². The van der Waals surface area contributed by atoms with E-state index in [2.05, 4.69) is 4.98 Å². The van der Waals surface area contributed by atoms with Crippen LogP contribution in [0.4, 0.5) is 13.2 Å². The second kappa shape index (κ2) is 4.60. The number of aromatic nitrogens is 1. The Kier molecular flexibility index (Phi) is 3.26. The molecule has 0 saturated heterocycles. The van der Waals surface area contributed by atoms with E-state index in [4.69, 9.17) is 5.11 Å². The highest BCUT2D eigenvalue weighted by molar-refractivity contribution is 5.87. The van der Waals surface area contributed by atoms with Gasteiger partial charge in [-0.3, -0.25) is 4.79 Å². The van der Waals surface area contributed by atoms with Crippen LogP contribution < -0.4 is 0 Å². The summed E-state index contributed by atoms with van der Waals surface area (Å²) in [6.45, 7) is 1.71. The summed E-state index contributed by atoms with van der Waals surface area (Å²) >= 11 is 0. The van der Waals surface area contributed by atoms with Gasteiger partial charge in [0.1, 0.15) is 5.69 Å². The Labute approximate surface area is 107 Å². The number of H-pyrrole nitrogens is 1. The average Bonchev–Trinajstić information content (AvgIpc) is 2.66. The lowest BCUT2D eigenvalue weighted by atomic mass is 10.0. The van der Waals surface area contributed by atoms with Gasteiger partial charge in [0.25, 0.3) is 0 Å². The number of rotatable bonds is 3. The molecule has 0 aliphatic heterocycles. The van der Waals surface area contributed by atoms with Gasteiger partial charge in [-0.15, -0.1) is 0 Å². The highest BCUT2D eigenvalue weighted by atomic mass is 19.4. The summed E-state index contributed by atoms with van der Waals surface area (Å²) in [6.07, 6.45) is -4.99. The molecule has 2 rings (SSSR count). The number of carboxylic acid groups (broad SMARTS) is 1. The third-order valence-corrected chi connectivity index (χ3v) is 3.02. The number of nitrogens with one attached hydrogen (secondary N) is 1. The first-order chi connectivity index (χ1) is 8.80. The molecule has 0 radical (unpaired) electrons. The first-order valence-electron chi connectivity index (χ1n) is 5.70. The zero-order chi connectivity index (χ0) is 14.2. The van der Waals surface area contributed by atoms with Crippen molar-refractivity contribution in [1.29, 1.82) is 0 Å². The molecule has 102 valence electrons. The molecule has 0 saturated carbocycles. The van der Waals surface area contributed by atoms with E-state index in [1.54, 1.807) is 25.1 Å². The molecule has 0 aliphatic carbocycles. The van der Waals surface area contributed by atoms with E-state index in [0.29, 0.717) is 16.5 Å². The summed E-state index contributed by atoms with van der Waals surface area (Å²) < 4.78 is 38.9. The third-order valence-electron chi connectivity index (χ3n) is 3.02. The summed E-state index contributed by atoms with van der Waals surface area (Å²) in [6, 6.07) is 4.95. The second-order valence-corrected chi connectivity index (χ2v) is 4.37. The van der Waals surface area contributed by atoms with Crippen LogP contribution in [0.15, 0.2) is 18.2 Å². The number of hydrogen-bond acceptors (Lipinski definition) is 1. The zero-order valence-corrected chi connectivity index (χ0v) is 10.1. The number of aryl methyl sites for hydroxylation is 2. The van der Waals surface area contributed by atoms with Crippen LogP contribution in [0.5, 0.6) is 0 Å². The standard InChI is InChI=1S/C13H12F3NO2/c1-7-3-2-4-8-9(5-6-10(18)19)12(13(14,15)16)17-11(7)8/h2-4,17H,5-6H2,1H3,(H,18,19). The molecule has 1 aromatic heterocycles. The van der Waals surface area contributed by atoms with Gasteiger partial charge in [0.2, 0.25) is 0 Å². The Hall–Kier alpha value is -1.98. The molecule has 1 aromatic carbocycles. The van der Waals surface area contributed by atoms with Gasteiger partial charge < -0.3 is 10.1 Å². The smallest absolute Gasteiger partial charge is 0.431 e. The van der Waals surface area contributed by atoms with Crippen LogP contribution in [-0.4, -0.2) is 16.1 Å². The highest BCUT2D eigenvalue weighted by Gasteiger charge is 2.36. The zero-order valence-electron chi connectivity index (χ0n) is 10.1. The van der Waals surface area contributed by atoms with Crippen molar-refractivity contribution in [1.82, 2.24) is 4.98 Å². The monoisotopic (exact) mass is 271 g/mol. The molecule has 19 heavy (non-hydrogen) atoms. The van der Waals surface area contributed by atoms with Crippen molar-refractivity contribution in [3.63, 3.8) is 0 Å². The van der Waals surface area contributed by atoms with Crippen LogP contribution in [0.2, 0.25) is 0 Å². The van der Waals surface area contributed by atoms with Crippen molar-refractivity contribution in [3.05, 3.63) is 35.0 Å². The van der Waals surface area contributed by atoms with E-state index in [1.165, 1.54) is 0 Å². The van der Waals surface area contributed by atoms with Gasteiger partial charge in [0.05, 0.1) is 0 Å². The van der Waals surface area contributed by atoms with Crippen molar-refractivity contribution in [2.45, 2.75) is 25.9 Å². The fraction of sp³-hybridized carbons (Fsp3) is 0.308. The van der Waals surface area contributed by atoms with E-state index in [0.717, 1.165) is 0 Å². The molecule has 2 N–H and O–H groups in total. The number of carbonyl (C=O) groups is 1. The minimum Gasteiger partial charge on any atom is -0.481 e. The SMILES string of the molecule is Cc1cccc2c(CCC(=O)O)c(C(F)(F)F)[nH]c12. The first-order valence-corrected chi connectivity index (χ1v) is 5.70. The molecular weight excluding hydrogens is 259 g/mol. The number of aromatic amines is 1. The van der Waals surface area contributed by atoms with Crippen LogP contribution in [0.1, 0.15) is 23.2 Å². The van der Waals surface area contributed by atoms with Crippen LogP contribution in [0, 0.1) is 6.92 Å². The maximum atomic E-state index is 13.0. The van der Waals surface area contributed by atoms with Crippen LogP contribution in [0.25, 0.3) is 10.9 Å². The molecule has 6 heteroatoms. The summed E-state index contributed by atoms with van der Waals surface area (Å²) in [7, 11) is 0. The minimum atomic E-state index is -4.51. The summed E-state index contributed by atoms with van der Waals surface area (Å²) in [5, 5.41) is 9.08. The number of halogens is 3. The second-order valence-electron chi connectivity index (χ2n) is 4.37. The number of carboxylic acids is 1. The van der Waals surface area contributed by atoms with Crippen LogP contribution >= 0.6 is 0 Å². The molecule has 0 unspecified atom stereocenters. The molecule has 3 nitrogen and oxygen atoms in total. The molecule has 0 amide bonds. The van der Waals surface area contributed by atoms with E-state index in [-0.39, 0.29) is 18.4 Å². The number of aliphatic carboxylic acids is 1. The summed E-state index contributed by atoms with van der Waals surface area (Å²) in [5.41, 5.74) is 0.284. The van der Waals surface area contributed by atoms with Gasteiger partial charge in [-0.25, -0.2) is 0 Å². The molecule has 0 spiro atoms. The fourth-order valence-electron chi connectivity index (χ4n) is 2.15. The first kappa shape index (κ1) is 13.5. The highest BCUT2D eigenvalue weighted by Crippen LogP contribution is 2.36. The van der Waals surface area contributed by atoms with Gasteiger partial charge in [-0.1, -0.05) is 18.2 Å². The number of para-hydroxylation sites is 1. The maximum Gasteiger partial charge on any atom is 0.431 e. The van der Waals surface area contributed by atoms with Gasteiger partial charge in [0, 0.05) is 17.3 Å². The molecule has 2 aromatic rings. The number of alkyl halides is 3. The topological polar surface area (TPSA) is 53.1 Å². The molecule has 1 heterocycles. The Bertz CT molecular complexity index is 629. The largest absolute Gasteiger partial charge is 0.481 e. The Morgan fingerprint density at radius 1 is 1.37 bits per heavy atom. The number of fused-ring (bicyclic) bond motifs is 1. The van der Waals surface area contributed by atoms with Gasteiger partial charge in [-0.2, -0.15) is 13.2 Å². The minimum absolute atomic E-state index is 0.0219. The quantitative estimate of drug-likeness (QED) is 0.897. The van der Waals surface area contributed by atoms with Crippen molar-refractivity contribution in [2.75, 3.05) is 0 Å². The predicted octanol–water partition coefficient (Wildman–Crippen LogP) is 3.51. The predicted molar refractivity (Wildman–Crippen MR) is 64.0 cm³/mol. The number of hydrogen-bond donors (Lipinski definition) is 2. The molecule has 0 bridgehead atoms.